The molecule has 2 atom stereocenters. The molecule has 10 nitrogen and oxygen atoms in total. The van der Waals surface area contributed by atoms with E-state index in [9.17, 15) is 23.2 Å². The van der Waals surface area contributed by atoms with Crippen LogP contribution < -0.4 is 10.2 Å². The maximum atomic E-state index is 15.4. The van der Waals surface area contributed by atoms with E-state index in [1.54, 1.807) is 0 Å². The summed E-state index contributed by atoms with van der Waals surface area (Å²) in [5, 5.41) is 3.38. The van der Waals surface area contributed by atoms with E-state index in [1.807, 2.05) is 43.0 Å². The maximum absolute atomic E-state index is 15.4. The first-order valence-corrected chi connectivity index (χ1v) is 18.8. The predicted octanol–water partition coefficient (Wildman–Crippen LogP) is 5.68. The molecule has 0 bridgehead atoms. The summed E-state index contributed by atoms with van der Waals surface area (Å²) < 4.78 is 57.4. The van der Waals surface area contributed by atoms with Crippen LogP contribution in [0.15, 0.2) is 48.5 Å². The highest BCUT2D eigenvalue weighted by Crippen LogP contribution is 2.42. The molecule has 0 spiro atoms. The smallest absolute Gasteiger partial charge is 0.251 e. The Kier molecular flexibility index (Phi) is 12.7. The predicted molar refractivity (Wildman–Crippen MR) is 205 cm³/mol. The topological polar surface area (TPSA) is 109 Å². The molecule has 1 aromatic heterocycles. The van der Waals surface area contributed by atoms with E-state index in [0.717, 1.165) is 42.4 Å². The number of benzene rings is 3. The Morgan fingerprint density at radius 2 is 1.68 bits per heavy atom. The molecular formula is C42H48F4N6O4. The van der Waals surface area contributed by atoms with Gasteiger partial charge >= 0.3 is 0 Å². The number of imide groups is 1. The number of H-pyrrole nitrogens is 1. The highest BCUT2D eigenvalue weighted by atomic mass is 19.3. The standard InChI is InChI=1S/C24H23F4N3O.C17H23N3O2.CH2O/c25-18-9-15(31-11-14(12-31)6-8-32)10-19(26)22(18)24-23-17(5-7-30(24)13-21(27)28)16-3-1-2-4-20(16)29-23;1-11-6-13-8-19(2)9-14(13)7-12(11)10-20(3)15-4-5-16(21)18-17(15)22;1-2/h1-4,8-10,14,21,24,29H,5-7,11-13H2;6-7,15H,4-5,8-10H2,1-3H3,(H,18,21,22);1H2/t24-;;/m1../s1. The van der Waals surface area contributed by atoms with Gasteiger partial charge in [0.1, 0.15) is 24.7 Å². The molecule has 56 heavy (non-hydrogen) atoms. The van der Waals surface area contributed by atoms with Crippen LogP contribution in [-0.2, 0) is 45.2 Å². The average Bonchev–Trinajstić information content (AvgIpc) is 3.69. The van der Waals surface area contributed by atoms with Crippen LogP contribution in [0.4, 0.5) is 23.2 Å². The fraction of sp³-hybridized carbons (Fsp3) is 0.429. The van der Waals surface area contributed by atoms with Gasteiger partial charge in [-0.2, -0.15) is 0 Å². The maximum Gasteiger partial charge on any atom is 0.251 e. The SMILES string of the molecule is C=O.Cc1cc2c(cc1CN(C)C1CCC(=O)NC1=O)CN(C)C2.O=CCC1CN(c2cc(F)c([C@@H]3c4[nH]c5ccccc5c4CCN3CC(F)F)c(F)c2)C1. The summed E-state index contributed by atoms with van der Waals surface area (Å²) in [4.78, 5) is 52.7. The fourth-order valence-electron chi connectivity index (χ4n) is 8.52. The first-order valence-electron chi connectivity index (χ1n) is 18.8. The Morgan fingerprint density at radius 1 is 1.00 bits per heavy atom. The number of alkyl halides is 2. The van der Waals surface area contributed by atoms with Crippen LogP contribution in [0, 0.1) is 24.5 Å². The van der Waals surface area contributed by atoms with Gasteiger partial charge in [0.25, 0.3) is 6.43 Å². The summed E-state index contributed by atoms with van der Waals surface area (Å²) in [5.41, 5.74) is 7.82. The van der Waals surface area contributed by atoms with E-state index in [4.69, 9.17) is 4.79 Å². The number of aromatic nitrogens is 1. The summed E-state index contributed by atoms with van der Waals surface area (Å²) in [7, 11) is 4.09. The second kappa shape index (κ2) is 17.5. The van der Waals surface area contributed by atoms with Crippen LogP contribution in [0.25, 0.3) is 10.9 Å². The Labute approximate surface area is 323 Å². The number of rotatable bonds is 9. The number of likely N-dealkylation sites (N-methyl/N-ethyl adjacent to an activating group) is 1. The van der Waals surface area contributed by atoms with Gasteiger partial charge in [0.2, 0.25) is 11.8 Å². The lowest BCUT2D eigenvalue weighted by Gasteiger charge is -2.41. The second-order valence-corrected chi connectivity index (χ2v) is 15.2. The molecule has 4 aliphatic rings. The van der Waals surface area contributed by atoms with Gasteiger partial charge in [-0.3, -0.25) is 29.6 Å². The molecule has 2 saturated heterocycles. The average molecular weight is 777 g/mol. The number of hydrogen-bond acceptors (Lipinski definition) is 8. The van der Waals surface area contributed by atoms with Gasteiger partial charge < -0.3 is 19.5 Å². The largest absolute Gasteiger partial charge is 0.371 e. The van der Waals surface area contributed by atoms with E-state index in [1.165, 1.54) is 39.3 Å². The van der Waals surface area contributed by atoms with Gasteiger partial charge in [0.05, 0.1) is 18.6 Å². The molecule has 4 aliphatic heterocycles. The molecule has 298 valence electrons. The first kappa shape index (κ1) is 40.7. The van der Waals surface area contributed by atoms with Gasteiger partial charge in [0, 0.05) is 85.9 Å². The Hall–Kier alpha value is -4.92. The van der Waals surface area contributed by atoms with Crippen LogP contribution in [0.1, 0.15) is 64.4 Å². The van der Waals surface area contributed by atoms with Crippen LogP contribution in [-0.4, -0.2) is 97.3 Å². The highest BCUT2D eigenvalue weighted by Gasteiger charge is 2.37. The quantitative estimate of drug-likeness (QED) is 0.127. The van der Waals surface area contributed by atoms with Crippen molar-refractivity contribution in [2.75, 3.05) is 45.2 Å². The zero-order chi connectivity index (χ0) is 40.3. The summed E-state index contributed by atoms with van der Waals surface area (Å²) >= 11 is 0. The Bertz CT molecular complexity index is 2060. The van der Waals surface area contributed by atoms with E-state index in [2.05, 4.69) is 46.2 Å². The van der Waals surface area contributed by atoms with Crippen molar-refractivity contribution in [1.29, 1.82) is 0 Å². The number of para-hydroxylation sites is 1. The van der Waals surface area contributed by atoms with Crippen molar-refractivity contribution in [1.82, 2.24) is 25.0 Å². The molecule has 4 aromatic rings. The summed E-state index contributed by atoms with van der Waals surface area (Å²) in [6, 6.07) is 13.5. The fourth-order valence-corrected chi connectivity index (χ4v) is 8.52. The Balaban J connectivity index is 0.000000194. The number of nitrogens with one attached hydrogen (secondary N) is 2. The van der Waals surface area contributed by atoms with Crippen molar-refractivity contribution in [3.8, 4) is 0 Å². The van der Waals surface area contributed by atoms with Gasteiger partial charge in [-0.15, -0.1) is 0 Å². The monoisotopic (exact) mass is 776 g/mol. The highest BCUT2D eigenvalue weighted by molar-refractivity contribution is 6.00. The number of amides is 2. The molecule has 3 aromatic carbocycles. The minimum Gasteiger partial charge on any atom is -0.371 e. The lowest BCUT2D eigenvalue weighted by Crippen LogP contribution is -2.51. The molecule has 0 saturated carbocycles. The number of carbonyl (C=O) groups is 4. The van der Waals surface area contributed by atoms with Crippen molar-refractivity contribution < 1.29 is 36.7 Å². The molecule has 8 rings (SSSR count). The van der Waals surface area contributed by atoms with E-state index in [-0.39, 0.29) is 35.9 Å². The lowest BCUT2D eigenvalue weighted by molar-refractivity contribution is -0.137. The van der Waals surface area contributed by atoms with E-state index < -0.39 is 30.6 Å². The van der Waals surface area contributed by atoms with Crippen LogP contribution >= 0.6 is 0 Å². The number of carbonyl (C=O) groups excluding carboxylic acids is 4. The number of piperidine rings is 1. The van der Waals surface area contributed by atoms with Crippen LogP contribution in [0.5, 0.6) is 0 Å². The number of anilines is 1. The minimum atomic E-state index is -2.62. The van der Waals surface area contributed by atoms with Gasteiger partial charge in [-0.25, -0.2) is 17.6 Å². The third kappa shape index (κ3) is 8.57. The number of hydrogen-bond donors (Lipinski definition) is 2. The molecule has 0 radical (unpaired) electrons. The van der Waals surface area contributed by atoms with E-state index >= 15 is 8.78 Å². The minimum absolute atomic E-state index is 0.161. The molecule has 2 fully saturated rings. The summed E-state index contributed by atoms with van der Waals surface area (Å²) in [6.07, 6.45) is 0.209. The summed E-state index contributed by atoms with van der Waals surface area (Å²) in [5.74, 6) is -1.65. The van der Waals surface area contributed by atoms with Gasteiger partial charge in [0.15, 0.2) is 0 Å². The zero-order valence-corrected chi connectivity index (χ0v) is 31.9. The third-order valence-corrected chi connectivity index (χ3v) is 11.3. The van der Waals surface area contributed by atoms with Crippen molar-refractivity contribution in [3.63, 3.8) is 0 Å². The second-order valence-electron chi connectivity index (χ2n) is 15.2. The van der Waals surface area contributed by atoms with Crippen molar-refractivity contribution >= 4 is 41.5 Å². The normalized spacial score (nSPS) is 19.8. The number of aryl methyl sites for hydroxylation is 1. The van der Waals surface area contributed by atoms with Crippen LogP contribution in [0.2, 0.25) is 0 Å². The van der Waals surface area contributed by atoms with Crippen molar-refractivity contribution in [2.45, 2.75) is 70.8 Å². The number of fused-ring (bicyclic) bond motifs is 4. The molecule has 5 heterocycles. The lowest BCUT2D eigenvalue weighted by atomic mass is 9.90. The molecule has 0 aliphatic carbocycles. The number of nitrogens with zero attached hydrogens (tertiary/aromatic N) is 4. The number of aromatic amines is 1. The Morgan fingerprint density at radius 3 is 2.34 bits per heavy atom. The molecule has 2 amide bonds. The van der Waals surface area contributed by atoms with E-state index in [0.29, 0.717) is 50.2 Å². The molecule has 14 heteroatoms. The van der Waals surface area contributed by atoms with Gasteiger partial charge in [-0.1, -0.05) is 30.3 Å². The number of halogens is 4. The summed E-state index contributed by atoms with van der Waals surface area (Å²) in [6.45, 7) is 7.70. The van der Waals surface area contributed by atoms with Crippen molar-refractivity contribution in [3.05, 3.63) is 99.2 Å². The van der Waals surface area contributed by atoms with Gasteiger partial charge in [-0.05, 0) is 79.9 Å². The molecular weight excluding hydrogens is 728 g/mol. The van der Waals surface area contributed by atoms with Crippen molar-refractivity contribution in [2.24, 2.45) is 5.92 Å². The molecule has 2 N–H and O–H groups in total. The number of aldehydes is 1. The van der Waals surface area contributed by atoms with Crippen LogP contribution in [0.3, 0.4) is 0 Å². The zero-order valence-electron chi connectivity index (χ0n) is 31.9. The molecule has 1 unspecified atom stereocenters. The third-order valence-electron chi connectivity index (χ3n) is 11.3. The first-order chi connectivity index (χ1) is 26.9.